The van der Waals surface area contributed by atoms with Crippen LogP contribution in [0, 0.1) is 0 Å². The smallest absolute Gasteiger partial charge is 0.147 e. The molecular formula is C15H21ClN2O2S. The van der Waals surface area contributed by atoms with Gasteiger partial charge in [-0.05, 0) is 32.9 Å². The summed E-state index contributed by atoms with van der Waals surface area (Å²) in [6.45, 7) is 6.48. The molecule has 0 fully saturated rings. The van der Waals surface area contributed by atoms with E-state index in [0.29, 0.717) is 12.4 Å². The molecule has 0 saturated carbocycles. The first-order valence-corrected chi connectivity index (χ1v) is 9.19. The van der Waals surface area contributed by atoms with Gasteiger partial charge in [-0.3, -0.25) is 4.21 Å². The van der Waals surface area contributed by atoms with Crippen molar-refractivity contribution in [3.8, 4) is 5.75 Å². The molecule has 1 heterocycles. The van der Waals surface area contributed by atoms with Gasteiger partial charge in [-0.1, -0.05) is 6.07 Å². The Hall–Kier alpha value is -1.07. The first kappa shape index (κ1) is 16.3. The number of fused-ring (bicyclic) bond motifs is 1. The van der Waals surface area contributed by atoms with Crippen LogP contribution in [0.5, 0.6) is 5.75 Å². The van der Waals surface area contributed by atoms with Crippen LogP contribution in [0.2, 0.25) is 0 Å². The predicted octanol–water partition coefficient (Wildman–Crippen LogP) is 3.67. The van der Waals surface area contributed by atoms with Gasteiger partial charge in [0.15, 0.2) is 0 Å². The third-order valence-corrected chi connectivity index (χ3v) is 4.43. The molecule has 3 unspecified atom stereocenters. The van der Waals surface area contributed by atoms with Crippen molar-refractivity contribution in [2.75, 3.05) is 18.6 Å². The van der Waals surface area contributed by atoms with Crippen LogP contribution in [-0.4, -0.2) is 32.4 Å². The lowest BCUT2D eigenvalue weighted by Crippen LogP contribution is -2.15. The molecule has 0 bridgehead atoms. The minimum absolute atomic E-state index is 0.0638. The minimum Gasteiger partial charge on any atom is -0.492 e. The van der Waals surface area contributed by atoms with E-state index < -0.39 is 10.8 Å². The maximum Gasteiger partial charge on any atom is 0.147 e. The Morgan fingerprint density at radius 2 is 2.14 bits per heavy atom. The van der Waals surface area contributed by atoms with E-state index in [4.69, 9.17) is 16.3 Å². The van der Waals surface area contributed by atoms with Crippen molar-refractivity contribution in [3.05, 3.63) is 24.0 Å². The van der Waals surface area contributed by atoms with Gasteiger partial charge in [0.05, 0.1) is 17.5 Å². The van der Waals surface area contributed by atoms with Crippen LogP contribution in [0.3, 0.4) is 0 Å². The number of hydrogen-bond donors (Lipinski definition) is 0. The topological polar surface area (TPSA) is 44.1 Å². The lowest BCUT2D eigenvalue weighted by Gasteiger charge is -2.17. The second-order valence-electron chi connectivity index (χ2n) is 5.10. The van der Waals surface area contributed by atoms with E-state index >= 15 is 0 Å². The zero-order valence-electron chi connectivity index (χ0n) is 12.8. The van der Waals surface area contributed by atoms with Crippen molar-refractivity contribution < 1.29 is 8.95 Å². The Kier molecular flexibility index (Phi) is 5.27. The summed E-state index contributed by atoms with van der Waals surface area (Å²) < 4.78 is 19.3. The average molecular weight is 329 g/mol. The summed E-state index contributed by atoms with van der Waals surface area (Å²) >= 11 is 6.29. The third kappa shape index (κ3) is 3.40. The van der Waals surface area contributed by atoms with E-state index in [-0.39, 0.29) is 11.4 Å². The van der Waals surface area contributed by atoms with Crippen molar-refractivity contribution in [3.63, 3.8) is 0 Å². The second-order valence-corrected chi connectivity index (χ2v) is 7.24. The van der Waals surface area contributed by atoms with Gasteiger partial charge < -0.3 is 9.30 Å². The van der Waals surface area contributed by atoms with E-state index in [2.05, 4.69) is 9.55 Å². The Morgan fingerprint density at radius 3 is 2.71 bits per heavy atom. The molecule has 2 rings (SSSR count). The highest BCUT2D eigenvalue weighted by Crippen LogP contribution is 2.32. The van der Waals surface area contributed by atoms with Gasteiger partial charge in [0.25, 0.3) is 0 Å². The van der Waals surface area contributed by atoms with Crippen LogP contribution in [-0.2, 0) is 10.8 Å². The number of alkyl halides is 1. The molecule has 0 N–H and O–H groups in total. The summed E-state index contributed by atoms with van der Waals surface area (Å²) in [7, 11) is -0.876. The van der Waals surface area contributed by atoms with E-state index in [9.17, 15) is 4.21 Å². The number of halogens is 1. The molecule has 2 aromatic rings. The fourth-order valence-corrected chi connectivity index (χ4v) is 3.52. The van der Waals surface area contributed by atoms with Crippen LogP contribution >= 0.6 is 11.6 Å². The van der Waals surface area contributed by atoms with Crippen LogP contribution in [0.4, 0.5) is 0 Å². The van der Waals surface area contributed by atoms with Gasteiger partial charge in [0, 0.05) is 28.9 Å². The van der Waals surface area contributed by atoms with Crippen LogP contribution in [0.1, 0.15) is 38.0 Å². The lowest BCUT2D eigenvalue weighted by atomic mass is 10.2. The van der Waals surface area contributed by atoms with Crippen molar-refractivity contribution in [1.29, 1.82) is 0 Å². The standard InChI is InChI=1S/C15H21ClN2O2S/c1-5-20-13-8-6-7-12-14(13)17-15(11(3)16)18(12)10(2)9-21(4)19/h6-8,10-11H,5,9H2,1-4H3. The maximum absolute atomic E-state index is 11.6. The summed E-state index contributed by atoms with van der Waals surface area (Å²) in [4.78, 5) is 4.67. The minimum atomic E-state index is -0.876. The molecule has 116 valence electrons. The van der Waals surface area contributed by atoms with Crippen molar-refractivity contribution in [1.82, 2.24) is 9.55 Å². The number of ether oxygens (including phenoxy) is 1. The zero-order valence-corrected chi connectivity index (χ0v) is 14.4. The Balaban J connectivity index is 2.63. The van der Waals surface area contributed by atoms with Crippen LogP contribution in [0.15, 0.2) is 18.2 Å². The average Bonchev–Trinajstić information content (AvgIpc) is 2.79. The molecule has 4 nitrogen and oxygen atoms in total. The first-order valence-electron chi connectivity index (χ1n) is 7.03. The molecular weight excluding hydrogens is 308 g/mol. The molecule has 6 heteroatoms. The van der Waals surface area contributed by atoms with Crippen molar-refractivity contribution >= 4 is 33.4 Å². The number of nitrogens with zero attached hydrogens (tertiary/aromatic N) is 2. The van der Waals surface area contributed by atoms with Crippen LogP contribution in [0.25, 0.3) is 11.0 Å². The summed E-state index contributed by atoms with van der Waals surface area (Å²) in [5, 5.41) is -0.223. The molecule has 0 spiro atoms. The highest BCUT2D eigenvalue weighted by atomic mass is 35.5. The highest BCUT2D eigenvalue weighted by molar-refractivity contribution is 7.84. The maximum atomic E-state index is 11.6. The van der Waals surface area contributed by atoms with Crippen LogP contribution < -0.4 is 4.74 Å². The van der Waals surface area contributed by atoms with Gasteiger partial charge in [-0.25, -0.2) is 4.98 Å². The SMILES string of the molecule is CCOc1cccc2c1nc(C(C)Cl)n2C(C)CS(C)=O. The summed E-state index contributed by atoms with van der Waals surface area (Å²) in [6.07, 6.45) is 1.71. The molecule has 0 aliphatic heterocycles. The fraction of sp³-hybridized carbons (Fsp3) is 0.533. The van der Waals surface area contributed by atoms with E-state index in [1.165, 1.54) is 0 Å². The number of benzene rings is 1. The molecule has 0 aliphatic carbocycles. The molecule has 3 atom stereocenters. The second kappa shape index (κ2) is 6.79. The molecule has 1 aromatic carbocycles. The molecule has 0 saturated heterocycles. The summed E-state index contributed by atoms with van der Waals surface area (Å²) in [5.74, 6) is 2.12. The van der Waals surface area contributed by atoms with Gasteiger partial charge in [0.2, 0.25) is 0 Å². The van der Waals surface area contributed by atoms with Gasteiger partial charge >= 0.3 is 0 Å². The van der Waals surface area contributed by atoms with E-state index in [0.717, 1.165) is 22.6 Å². The van der Waals surface area contributed by atoms with Gasteiger partial charge in [-0.15, -0.1) is 11.6 Å². The lowest BCUT2D eigenvalue weighted by molar-refractivity contribution is 0.343. The summed E-state index contributed by atoms with van der Waals surface area (Å²) in [5.41, 5.74) is 1.79. The Morgan fingerprint density at radius 1 is 1.43 bits per heavy atom. The Labute approximate surface area is 132 Å². The van der Waals surface area contributed by atoms with Crippen molar-refractivity contribution in [2.24, 2.45) is 0 Å². The first-order chi connectivity index (χ1) is 9.95. The molecule has 21 heavy (non-hydrogen) atoms. The number of imidazole rings is 1. The quantitative estimate of drug-likeness (QED) is 0.760. The molecule has 1 aromatic heterocycles. The highest BCUT2D eigenvalue weighted by Gasteiger charge is 2.21. The Bertz CT molecular complexity index is 654. The number of hydrogen-bond acceptors (Lipinski definition) is 3. The number of aromatic nitrogens is 2. The van der Waals surface area contributed by atoms with Gasteiger partial charge in [-0.2, -0.15) is 0 Å². The zero-order chi connectivity index (χ0) is 15.6. The molecule has 0 radical (unpaired) electrons. The van der Waals surface area contributed by atoms with Gasteiger partial charge in [0.1, 0.15) is 17.1 Å². The van der Waals surface area contributed by atoms with E-state index in [1.807, 2.05) is 39.0 Å². The number of para-hydroxylation sites is 1. The molecule has 0 aliphatic rings. The third-order valence-electron chi connectivity index (χ3n) is 3.28. The molecule has 0 amide bonds. The largest absolute Gasteiger partial charge is 0.492 e. The monoisotopic (exact) mass is 328 g/mol. The summed E-state index contributed by atoms with van der Waals surface area (Å²) in [6, 6.07) is 5.93. The number of rotatable bonds is 6. The van der Waals surface area contributed by atoms with E-state index in [1.54, 1.807) is 6.26 Å². The normalized spacial score (nSPS) is 15.9. The fourth-order valence-electron chi connectivity index (χ4n) is 2.54. The predicted molar refractivity (Wildman–Crippen MR) is 88.8 cm³/mol. The van der Waals surface area contributed by atoms with Crippen molar-refractivity contribution in [2.45, 2.75) is 32.2 Å².